The Hall–Kier alpha value is -2.08. The molecule has 0 N–H and O–H groups in total. The Morgan fingerprint density at radius 2 is 2.23 bits per heavy atom. The van der Waals surface area contributed by atoms with Crippen LogP contribution in [-0.4, -0.2) is 34.5 Å². The van der Waals surface area contributed by atoms with Gasteiger partial charge in [0.2, 0.25) is 0 Å². The SMILES string of the molecule is Cc1nn(C)c2nc(N(C)C[C@@H]3Cc4ccccc4O3)sc12. The first-order valence-corrected chi connectivity index (χ1v) is 8.19. The fraction of sp³-hybridized carbons (Fsp3) is 0.375. The molecule has 6 heteroatoms. The van der Waals surface area contributed by atoms with Crippen LogP contribution >= 0.6 is 11.3 Å². The normalized spacial score (nSPS) is 16.8. The number of likely N-dealkylation sites (N-methyl/N-ethyl adjacent to an activating group) is 1. The highest BCUT2D eigenvalue weighted by Crippen LogP contribution is 2.32. The number of anilines is 1. The fourth-order valence-electron chi connectivity index (χ4n) is 2.98. The fourth-order valence-corrected chi connectivity index (χ4v) is 3.98. The van der Waals surface area contributed by atoms with Crippen LogP contribution in [0.5, 0.6) is 5.75 Å². The van der Waals surface area contributed by atoms with Crippen LogP contribution in [0.15, 0.2) is 24.3 Å². The Morgan fingerprint density at radius 1 is 1.41 bits per heavy atom. The summed E-state index contributed by atoms with van der Waals surface area (Å²) in [5.41, 5.74) is 3.30. The standard InChI is InChI=1S/C16H18N4OS/c1-10-14-15(20(3)18-10)17-16(22-14)19(2)9-12-8-11-6-4-5-7-13(11)21-12/h4-7,12H,8-9H2,1-3H3/t12-/m0/s1. The van der Waals surface area contributed by atoms with E-state index in [1.54, 1.807) is 11.3 Å². The lowest BCUT2D eigenvalue weighted by Crippen LogP contribution is -2.31. The highest BCUT2D eigenvalue weighted by molar-refractivity contribution is 7.22. The molecule has 0 bridgehead atoms. The predicted molar refractivity (Wildman–Crippen MR) is 89.0 cm³/mol. The number of aryl methyl sites for hydroxylation is 2. The minimum atomic E-state index is 0.189. The van der Waals surface area contributed by atoms with Crippen LogP contribution in [-0.2, 0) is 13.5 Å². The second kappa shape index (κ2) is 4.98. The largest absolute Gasteiger partial charge is 0.488 e. The maximum absolute atomic E-state index is 6.02. The molecular formula is C16H18N4OS. The van der Waals surface area contributed by atoms with Gasteiger partial charge in [0, 0.05) is 20.5 Å². The number of fused-ring (bicyclic) bond motifs is 2. The molecule has 5 nitrogen and oxygen atoms in total. The molecule has 114 valence electrons. The molecule has 4 rings (SSSR count). The van der Waals surface area contributed by atoms with Crippen molar-refractivity contribution >= 4 is 26.8 Å². The number of hydrogen-bond donors (Lipinski definition) is 0. The number of hydrogen-bond acceptors (Lipinski definition) is 5. The van der Waals surface area contributed by atoms with Crippen LogP contribution in [0.1, 0.15) is 11.3 Å². The second-order valence-electron chi connectivity index (χ2n) is 5.79. The molecule has 1 aliphatic heterocycles. The molecule has 0 fully saturated rings. The summed E-state index contributed by atoms with van der Waals surface area (Å²) >= 11 is 1.70. The average Bonchev–Trinajstić information content (AvgIpc) is 3.15. The Balaban J connectivity index is 1.52. The van der Waals surface area contributed by atoms with Crippen molar-refractivity contribution in [1.29, 1.82) is 0 Å². The number of ether oxygens (including phenoxy) is 1. The van der Waals surface area contributed by atoms with Gasteiger partial charge in [0.1, 0.15) is 11.9 Å². The highest BCUT2D eigenvalue weighted by atomic mass is 32.1. The van der Waals surface area contributed by atoms with Crippen molar-refractivity contribution in [2.45, 2.75) is 19.4 Å². The number of aromatic nitrogens is 3. The third-order valence-corrected chi connectivity index (χ3v) is 5.32. The number of rotatable bonds is 3. The summed E-state index contributed by atoms with van der Waals surface area (Å²) in [6.45, 7) is 2.86. The van der Waals surface area contributed by atoms with Crippen molar-refractivity contribution in [3.05, 3.63) is 35.5 Å². The first-order valence-electron chi connectivity index (χ1n) is 7.37. The number of para-hydroxylation sites is 1. The number of thiazole rings is 1. The molecule has 1 aliphatic rings. The Bertz CT molecular complexity index is 778. The Labute approximate surface area is 133 Å². The van der Waals surface area contributed by atoms with E-state index in [2.05, 4.69) is 29.2 Å². The topological polar surface area (TPSA) is 43.2 Å². The minimum Gasteiger partial charge on any atom is -0.488 e. The lowest BCUT2D eigenvalue weighted by atomic mass is 10.1. The molecule has 0 amide bonds. The molecule has 0 aliphatic carbocycles. The van der Waals surface area contributed by atoms with Gasteiger partial charge in [-0.25, -0.2) is 9.67 Å². The van der Waals surface area contributed by atoms with Crippen LogP contribution in [0.25, 0.3) is 10.3 Å². The van der Waals surface area contributed by atoms with E-state index in [-0.39, 0.29) is 6.10 Å². The van der Waals surface area contributed by atoms with Gasteiger partial charge < -0.3 is 9.64 Å². The van der Waals surface area contributed by atoms with E-state index in [9.17, 15) is 0 Å². The molecule has 22 heavy (non-hydrogen) atoms. The molecule has 0 saturated heterocycles. The third-order valence-electron chi connectivity index (χ3n) is 4.05. The molecule has 1 atom stereocenters. The monoisotopic (exact) mass is 314 g/mol. The zero-order chi connectivity index (χ0) is 15.3. The van der Waals surface area contributed by atoms with Crippen LogP contribution in [0.4, 0.5) is 5.13 Å². The molecule has 0 radical (unpaired) electrons. The quantitative estimate of drug-likeness (QED) is 0.745. The van der Waals surface area contributed by atoms with Crippen molar-refractivity contribution < 1.29 is 4.74 Å². The lowest BCUT2D eigenvalue weighted by molar-refractivity contribution is 0.239. The van der Waals surface area contributed by atoms with Gasteiger partial charge in [0.25, 0.3) is 0 Å². The van der Waals surface area contributed by atoms with Crippen LogP contribution in [0.3, 0.4) is 0 Å². The van der Waals surface area contributed by atoms with Crippen molar-refractivity contribution in [1.82, 2.24) is 14.8 Å². The summed E-state index contributed by atoms with van der Waals surface area (Å²) in [5.74, 6) is 1.02. The summed E-state index contributed by atoms with van der Waals surface area (Å²) in [5, 5.41) is 5.42. The van der Waals surface area contributed by atoms with Crippen LogP contribution < -0.4 is 9.64 Å². The van der Waals surface area contributed by atoms with Crippen molar-refractivity contribution in [3.63, 3.8) is 0 Å². The van der Waals surface area contributed by atoms with Gasteiger partial charge >= 0.3 is 0 Å². The summed E-state index contributed by atoms with van der Waals surface area (Å²) in [4.78, 5) is 6.89. The van der Waals surface area contributed by atoms with Gasteiger partial charge in [-0.05, 0) is 18.6 Å². The summed E-state index contributed by atoms with van der Waals surface area (Å²) in [7, 11) is 4.02. The lowest BCUT2D eigenvalue weighted by Gasteiger charge is -2.20. The van der Waals surface area contributed by atoms with E-state index in [1.165, 1.54) is 10.3 Å². The molecular weight excluding hydrogens is 296 g/mol. The van der Waals surface area contributed by atoms with Crippen molar-refractivity contribution in [2.75, 3.05) is 18.5 Å². The summed E-state index contributed by atoms with van der Waals surface area (Å²) in [6, 6.07) is 8.27. The first-order chi connectivity index (χ1) is 10.6. The molecule has 2 aromatic heterocycles. The van der Waals surface area contributed by atoms with Gasteiger partial charge in [0.05, 0.1) is 16.9 Å². The molecule has 0 spiro atoms. The second-order valence-corrected chi connectivity index (χ2v) is 6.77. The summed E-state index contributed by atoms with van der Waals surface area (Å²) < 4.78 is 9.03. The zero-order valence-corrected chi connectivity index (χ0v) is 13.7. The maximum Gasteiger partial charge on any atom is 0.187 e. The van der Waals surface area contributed by atoms with Gasteiger partial charge in [0.15, 0.2) is 10.8 Å². The van der Waals surface area contributed by atoms with Gasteiger partial charge in [-0.3, -0.25) is 0 Å². The van der Waals surface area contributed by atoms with E-state index < -0.39 is 0 Å². The van der Waals surface area contributed by atoms with Crippen molar-refractivity contribution in [3.8, 4) is 5.75 Å². The molecule has 0 unspecified atom stereocenters. The smallest absolute Gasteiger partial charge is 0.187 e. The van der Waals surface area contributed by atoms with E-state index in [4.69, 9.17) is 9.72 Å². The van der Waals surface area contributed by atoms with Crippen molar-refractivity contribution in [2.24, 2.45) is 7.05 Å². The highest BCUT2D eigenvalue weighted by Gasteiger charge is 2.25. The van der Waals surface area contributed by atoms with E-state index in [1.807, 2.05) is 30.8 Å². The van der Waals surface area contributed by atoms with Gasteiger partial charge in [-0.2, -0.15) is 5.10 Å². The zero-order valence-electron chi connectivity index (χ0n) is 12.9. The average molecular weight is 314 g/mol. The first kappa shape index (κ1) is 13.6. The Kier molecular flexibility index (Phi) is 3.07. The van der Waals surface area contributed by atoms with E-state index >= 15 is 0 Å². The van der Waals surface area contributed by atoms with E-state index in [0.717, 1.165) is 35.2 Å². The molecule has 3 heterocycles. The Morgan fingerprint density at radius 3 is 3.00 bits per heavy atom. The van der Waals surface area contributed by atoms with Gasteiger partial charge in [-0.1, -0.05) is 29.5 Å². The van der Waals surface area contributed by atoms with Crippen LogP contribution in [0.2, 0.25) is 0 Å². The molecule has 1 aromatic carbocycles. The summed E-state index contributed by atoms with van der Waals surface area (Å²) in [6.07, 6.45) is 1.15. The number of benzene rings is 1. The van der Waals surface area contributed by atoms with Crippen LogP contribution in [0, 0.1) is 6.92 Å². The predicted octanol–water partition coefficient (Wildman–Crippen LogP) is 2.78. The number of nitrogens with zero attached hydrogens (tertiary/aromatic N) is 4. The van der Waals surface area contributed by atoms with Gasteiger partial charge in [-0.15, -0.1) is 0 Å². The molecule has 0 saturated carbocycles. The van der Waals surface area contributed by atoms with E-state index in [0.29, 0.717) is 0 Å². The molecule has 3 aromatic rings. The minimum absolute atomic E-state index is 0.189. The third kappa shape index (κ3) is 2.14. The maximum atomic E-state index is 6.02.